The molecule has 0 unspecified atom stereocenters. The Morgan fingerprint density at radius 2 is 2.07 bits per heavy atom. The summed E-state index contributed by atoms with van der Waals surface area (Å²) < 4.78 is 43.7. The van der Waals surface area contributed by atoms with Gasteiger partial charge in [0.15, 0.2) is 11.8 Å². The molecule has 1 aromatic carbocycles. The molecule has 1 aromatic heterocycles. The molecule has 0 aliphatic carbocycles. The average molecular weight is 424 g/mol. The summed E-state index contributed by atoms with van der Waals surface area (Å²) in [5.41, 5.74) is 0.0846. The number of aliphatic imine (C=N–C) groups is 1. The zero-order valence-corrected chi connectivity index (χ0v) is 17.2. The zero-order chi connectivity index (χ0) is 21.6. The first-order valence-corrected chi connectivity index (χ1v) is 10.1. The van der Waals surface area contributed by atoms with Crippen LogP contribution in [0.1, 0.15) is 42.6 Å². The Bertz CT molecular complexity index is 843. The van der Waals surface area contributed by atoms with E-state index in [4.69, 9.17) is 4.52 Å². The van der Waals surface area contributed by atoms with Gasteiger partial charge in [-0.15, -0.1) is 0 Å². The lowest BCUT2D eigenvalue weighted by Gasteiger charge is -2.33. The minimum absolute atomic E-state index is 0.243. The lowest BCUT2D eigenvalue weighted by Crippen LogP contribution is -2.48. The fourth-order valence-electron chi connectivity index (χ4n) is 3.41. The van der Waals surface area contributed by atoms with Gasteiger partial charge in [-0.25, -0.2) is 4.99 Å². The van der Waals surface area contributed by atoms with E-state index in [0.717, 1.165) is 38.5 Å². The van der Waals surface area contributed by atoms with E-state index in [1.165, 1.54) is 12.1 Å². The Balaban J connectivity index is 1.50. The molecule has 0 saturated carbocycles. The van der Waals surface area contributed by atoms with Crippen LogP contribution < -0.4 is 10.6 Å². The summed E-state index contributed by atoms with van der Waals surface area (Å²) in [6.45, 7) is 6.90. The highest BCUT2D eigenvalue weighted by Gasteiger charge is 2.30. The summed E-state index contributed by atoms with van der Waals surface area (Å²) >= 11 is 0. The molecule has 2 aromatic rings. The third kappa shape index (κ3) is 6.45. The lowest BCUT2D eigenvalue weighted by molar-refractivity contribution is -0.137. The third-order valence-electron chi connectivity index (χ3n) is 4.88. The van der Waals surface area contributed by atoms with Gasteiger partial charge in [0.05, 0.1) is 5.56 Å². The number of benzene rings is 1. The van der Waals surface area contributed by atoms with Crippen molar-refractivity contribution in [1.29, 1.82) is 0 Å². The van der Waals surface area contributed by atoms with Crippen molar-refractivity contribution in [2.75, 3.05) is 19.6 Å². The van der Waals surface area contributed by atoms with Crippen LogP contribution in [0.15, 0.2) is 33.8 Å². The van der Waals surface area contributed by atoms with E-state index >= 15 is 0 Å². The normalized spacial score (nSPS) is 16.6. The van der Waals surface area contributed by atoms with Crippen molar-refractivity contribution >= 4 is 5.96 Å². The maximum Gasteiger partial charge on any atom is 0.416 e. The molecule has 1 aliphatic rings. The third-order valence-corrected chi connectivity index (χ3v) is 4.88. The standard InChI is InChI=1S/C20H27F3N6O/c1-3-24-19(25-12-18-26-14(2)30-28-18)27-17-7-9-29(10-8-17)13-15-5-4-6-16(11-15)20(21,22)23/h4-6,11,17H,3,7-10,12-13H2,1-2H3,(H2,24,25,27). The van der Waals surface area contributed by atoms with Crippen molar-refractivity contribution in [2.45, 2.75) is 52.0 Å². The highest BCUT2D eigenvalue weighted by atomic mass is 19.4. The molecule has 0 amide bonds. The van der Waals surface area contributed by atoms with Gasteiger partial charge in [-0.2, -0.15) is 18.2 Å². The molecule has 1 aliphatic heterocycles. The molecule has 0 bridgehead atoms. The first kappa shape index (κ1) is 22.1. The quantitative estimate of drug-likeness (QED) is 0.548. The van der Waals surface area contributed by atoms with Gasteiger partial charge in [-0.05, 0) is 31.4 Å². The van der Waals surface area contributed by atoms with Gasteiger partial charge in [0.1, 0.15) is 6.54 Å². The number of guanidine groups is 1. The van der Waals surface area contributed by atoms with Gasteiger partial charge in [0.25, 0.3) is 0 Å². The minimum atomic E-state index is -4.31. The molecule has 1 fully saturated rings. The van der Waals surface area contributed by atoms with Crippen LogP contribution in [0.3, 0.4) is 0 Å². The maximum absolute atomic E-state index is 12.9. The number of halogens is 3. The molecule has 2 heterocycles. The van der Waals surface area contributed by atoms with E-state index in [1.54, 1.807) is 13.0 Å². The van der Waals surface area contributed by atoms with Crippen LogP contribution in [0, 0.1) is 6.92 Å². The molecule has 30 heavy (non-hydrogen) atoms. The van der Waals surface area contributed by atoms with Crippen LogP contribution in [-0.2, 0) is 19.3 Å². The van der Waals surface area contributed by atoms with Crippen molar-refractivity contribution < 1.29 is 17.7 Å². The van der Waals surface area contributed by atoms with E-state index in [1.807, 2.05) is 6.92 Å². The fraction of sp³-hybridized carbons (Fsp3) is 0.550. The Kier molecular flexibility index (Phi) is 7.30. The molecule has 3 rings (SSSR count). The predicted molar refractivity (Wildman–Crippen MR) is 107 cm³/mol. The summed E-state index contributed by atoms with van der Waals surface area (Å²) in [6.07, 6.45) is -2.55. The van der Waals surface area contributed by atoms with Crippen molar-refractivity contribution in [3.05, 3.63) is 47.1 Å². The SMILES string of the molecule is CCNC(=NCc1noc(C)n1)NC1CCN(Cc2cccc(C(F)(F)F)c2)CC1. The van der Waals surface area contributed by atoms with Crippen molar-refractivity contribution in [2.24, 2.45) is 4.99 Å². The van der Waals surface area contributed by atoms with Gasteiger partial charge in [0.2, 0.25) is 5.89 Å². The van der Waals surface area contributed by atoms with Gasteiger partial charge in [0, 0.05) is 39.1 Å². The number of rotatable bonds is 6. The Hall–Kier alpha value is -2.62. The van der Waals surface area contributed by atoms with E-state index < -0.39 is 11.7 Å². The van der Waals surface area contributed by atoms with Crippen LogP contribution in [0.25, 0.3) is 0 Å². The number of piperidine rings is 1. The molecule has 0 radical (unpaired) electrons. The van der Waals surface area contributed by atoms with Crippen LogP contribution in [0.2, 0.25) is 0 Å². The van der Waals surface area contributed by atoms with E-state index in [9.17, 15) is 13.2 Å². The topological polar surface area (TPSA) is 78.6 Å². The minimum Gasteiger partial charge on any atom is -0.357 e. The van der Waals surface area contributed by atoms with Crippen LogP contribution in [-0.4, -0.2) is 46.7 Å². The van der Waals surface area contributed by atoms with Gasteiger partial charge in [-0.1, -0.05) is 23.4 Å². The first-order chi connectivity index (χ1) is 14.3. The maximum atomic E-state index is 12.9. The molecule has 164 valence electrons. The van der Waals surface area contributed by atoms with E-state index in [-0.39, 0.29) is 6.04 Å². The fourth-order valence-corrected chi connectivity index (χ4v) is 3.41. The second-order valence-corrected chi connectivity index (χ2v) is 7.32. The molecule has 0 spiro atoms. The van der Waals surface area contributed by atoms with E-state index in [2.05, 4.69) is 30.7 Å². The molecular formula is C20H27F3N6O. The van der Waals surface area contributed by atoms with E-state index in [0.29, 0.717) is 36.3 Å². The highest BCUT2D eigenvalue weighted by Crippen LogP contribution is 2.30. The predicted octanol–water partition coefficient (Wildman–Crippen LogP) is 3.12. The highest BCUT2D eigenvalue weighted by molar-refractivity contribution is 5.80. The zero-order valence-electron chi connectivity index (χ0n) is 17.2. The summed E-state index contributed by atoms with van der Waals surface area (Å²) in [6, 6.07) is 5.80. The van der Waals surface area contributed by atoms with Crippen LogP contribution >= 0.6 is 0 Å². The first-order valence-electron chi connectivity index (χ1n) is 10.1. The number of hydrogen-bond acceptors (Lipinski definition) is 5. The van der Waals surface area contributed by atoms with Gasteiger partial charge in [-0.3, -0.25) is 4.90 Å². The molecule has 7 nitrogen and oxygen atoms in total. The van der Waals surface area contributed by atoms with Crippen molar-refractivity contribution in [1.82, 2.24) is 25.7 Å². The summed E-state index contributed by atoms with van der Waals surface area (Å²) in [5, 5.41) is 10.5. The van der Waals surface area contributed by atoms with Crippen molar-refractivity contribution in [3.8, 4) is 0 Å². The Morgan fingerprint density at radius 3 is 2.70 bits per heavy atom. The Morgan fingerprint density at radius 1 is 1.30 bits per heavy atom. The molecular weight excluding hydrogens is 397 g/mol. The second-order valence-electron chi connectivity index (χ2n) is 7.32. The number of nitrogens with zero attached hydrogens (tertiary/aromatic N) is 4. The molecule has 1 saturated heterocycles. The average Bonchev–Trinajstić information content (AvgIpc) is 3.13. The number of likely N-dealkylation sites (tertiary alicyclic amines) is 1. The van der Waals surface area contributed by atoms with Crippen molar-refractivity contribution in [3.63, 3.8) is 0 Å². The van der Waals surface area contributed by atoms with Gasteiger partial charge < -0.3 is 15.2 Å². The van der Waals surface area contributed by atoms with Crippen LogP contribution in [0.4, 0.5) is 13.2 Å². The summed E-state index contributed by atoms with van der Waals surface area (Å²) in [4.78, 5) is 10.8. The summed E-state index contributed by atoms with van der Waals surface area (Å²) in [5.74, 6) is 1.73. The number of hydrogen-bond donors (Lipinski definition) is 2. The number of alkyl halides is 3. The molecule has 2 N–H and O–H groups in total. The van der Waals surface area contributed by atoms with Crippen LogP contribution in [0.5, 0.6) is 0 Å². The number of aromatic nitrogens is 2. The Labute approximate surface area is 173 Å². The lowest BCUT2D eigenvalue weighted by atomic mass is 10.0. The number of aryl methyl sites for hydroxylation is 1. The number of nitrogens with one attached hydrogen (secondary N) is 2. The molecule has 0 atom stereocenters. The summed E-state index contributed by atoms with van der Waals surface area (Å²) in [7, 11) is 0. The molecule has 10 heteroatoms. The largest absolute Gasteiger partial charge is 0.416 e. The monoisotopic (exact) mass is 424 g/mol. The second kappa shape index (κ2) is 9.92. The smallest absolute Gasteiger partial charge is 0.357 e. The van der Waals surface area contributed by atoms with Gasteiger partial charge >= 0.3 is 6.18 Å².